The number of pyridine rings is 1. The number of aryl methyl sites for hydroxylation is 1. The molecule has 1 aliphatic heterocycles. The normalized spacial score (nSPS) is 15.8. The Labute approximate surface area is 101 Å². The average molecular weight is 228 g/mol. The molecule has 0 saturated carbocycles. The Bertz CT molecular complexity index is 514. The van der Waals surface area contributed by atoms with Crippen LogP contribution in [0.5, 0.6) is 0 Å². The van der Waals surface area contributed by atoms with Crippen molar-refractivity contribution in [3.8, 4) is 0 Å². The van der Waals surface area contributed by atoms with Gasteiger partial charge in [-0.2, -0.15) is 0 Å². The molecule has 2 aromatic rings. The summed E-state index contributed by atoms with van der Waals surface area (Å²) in [6.07, 6.45) is 3.87. The third kappa shape index (κ3) is 2.08. The molecule has 17 heavy (non-hydrogen) atoms. The lowest BCUT2D eigenvalue weighted by Crippen LogP contribution is -2.40. The minimum atomic E-state index is 0.613. The summed E-state index contributed by atoms with van der Waals surface area (Å²) in [6.45, 7) is 4.96. The highest BCUT2D eigenvalue weighted by atomic mass is 15.1. The maximum Gasteiger partial charge on any atom is 0.0951 e. The summed E-state index contributed by atoms with van der Waals surface area (Å²) >= 11 is 0. The molecule has 1 N–H and O–H groups in total. The Balaban J connectivity index is 1.82. The summed E-state index contributed by atoms with van der Waals surface area (Å²) in [6, 6.07) is 6.14. The van der Waals surface area contributed by atoms with E-state index in [9.17, 15) is 0 Å². The average Bonchev–Trinajstić information content (AvgIpc) is 2.64. The molecule has 0 radical (unpaired) electrons. The van der Waals surface area contributed by atoms with Gasteiger partial charge in [0.05, 0.1) is 18.6 Å². The second-order valence-corrected chi connectivity index (χ2v) is 4.57. The summed E-state index contributed by atoms with van der Waals surface area (Å²) in [5.74, 6) is 0.613. The highest BCUT2D eigenvalue weighted by Crippen LogP contribution is 2.19. The van der Waals surface area contributed by atoms with Crippen molar-refractivity contribution in [1.29, 1.82) is 0 Å². The van der Waals surface area contributed by atoms with Gasteiger partial charge in [-0.1, -0.05) is 6.07 Å². The van der Waals surface area contributed by atoms with Crippen molar-refractivity contribution in [2.45, 2.75) is 19.4 Å². The molecule has 0 aliphatic carbocycles. The van der Waals surface area contributed by atoms with Crippen LogP contribution in [0.2, 0.25) is 0 Å². The molecule has 4 nitrogen and oxygen atoms in total. The van der Waals surface area contributed by atoms with E-state index in [0.717, 1.165) is 31.0 Å². The standard InChI is InChI=1S/C13H16N4/c1-10-3-2-4-12(16-10)8-17-9-15-7-13(17)11-5-14-6-11/h2-4,7,9,11,14H,5-6,8H2,1H3. The van der Waals surface area contributed by atoms with Crippen molar-refractivity contribution in [1.82, 2.24) is 19.9 Å². The van der Waals surface area contributed by atoms with Gasteiger partial charge in [-0.05, 0) is 19.1 Å². The van der Waals surface area contributed by atoms with Crippen LogP contribution >= 0.6 is 0 Å². The Hall–Kier alpha value is -1.68. The summed E-state index contributed by atoms with van der Waals surface area (Å²) in [5, 5.41) is 3.29. The lowest BCUT2D eigenvalue weighted by Gasteiger charge is -2.27. The zero-order chi connectivity index (χ0) is 11.7. The first kappa shape index (κ1) is 10.5. The molecule has 3 rings (SSSR count). The van der Waals surface area contributed by atoms with Crippen molar-refractivity contribution < 1.29 is 0 Å². The molecule has 1 fully saturated rings. The topological polar surface area (TPSA) is 42.7 Å². The van der Waals surface area contributed by atoms with Gasteiger partial charge in [0.2, 0.25) is 0 Å². The van der Waals surface area contributed by atoms with Gasteiger partial charge in [-0.15, -0.1) is 0 Å². The van der Waals surface area contributed by atoms with Crippen LogP contribution in [0, 0.1) is 6.92 Å². The van der Waals surface area contributed by atoms with E-state index in [4.69, 9.17) is 0 Å². The molecule has 0 aromatic carbocycles. The van der Waals surface area contributed by atoms with Crippen molar-refractivity contribution in [3.05, 3.63) is 47.8 Å². The van der Waals surface area contributed by atoms with Crippen LogP contribution in [-0.4, -0.2) is 27.6 Å². The van der Waals surface area contributed by atoms with E-state index in [1.807, 2.05) is 25.5 Å². The second-order valence-electron chi connectivity index (χ2n) is 4.57. The van der Waals surface area contributed by atoms with Crippen molar-refractivity contribution in [3.63, 3.8) is 0 Å². The van der Waals surface area contributed by atoms with Crippen LogP contribution in [0.25, 0.3) is 0 Å². The molecule has 0 spiro atoms. The molecule has 0 amide bonds. The highest BCUT2D eigenvalue weighted by Gasteiger charge is 2.22. The molecular weight excluding hydrogens is 212 g/mol. The third-order valence-electron chi connectivity index (χ3n) is 3.22. The van der Waals surface area contributed by atoms with E-state index in [1.165, 1.54) is 5.69 Å². The van der Waals surface area contributed by atoms with Crippen LogP contribution in [0.15, 0.2) is 30.7 Å². The predicted molar refractivity (Wildman–Crippen MR) is 65.9 cm³/mol. The molecule has 1 aliphatic rings. The number of nitrogens with one attached hydrogen (secondary N) is 1. The van der Waals surface area contributed by atoms with Gasteiger partial charge in [-0.25, -0.2) is 4.98 Å². The van der Waals surface area contributed by atoms with Gasteiger partial charge < -0.3 is 9.88 Å². The van der Waals surface area contributed by atoms with Crippen LogP contribution in [-0.2, 0) is 6.54 Å². The number of hydrogen-bond donors (Lipinski definition) is 1. The zero-order valence-electron chi connectivity index (χ0n) is 9.93. The molecular formula is C13H16N4. The molecule has 2 aromatic heterocycles. The minimum Gasteiger partial charge on any atom is -0.328 e. The van der Waals surface area contributed by atoms with Gasteiger partial charge in [0.1, 0.15) is 0 Å². The number of hydrogen-bond acceptors (Lipinski definition) is 3. The molecule has 1 saturated heterocycles. The number of rotatable bonds is 3. The largest absolute Gasteiger partial charge is 0.328 e. The smallest absolute Gasteiger partial charge is 0.0951 e. The molecule has 0 unspecified atom stereocenters. The summed E-state index contributed by atoms with van der Waals surface area (Å²) in [4.78, 5) is 8.78. The predicted octanol–water partition coefficient (Wildman–Crippen LogP) is 1.32. The zero-order valence-corrected chi connectivity index (χ0v) is 9.93. The number of nitrogens with zero attached hydrogens (tertiary/aromatic N) is 3. The molecule has 3 heterocycles. The van der Waals surface area contributed by atoms with E-state index < -0.39 is 0 Å². The van der Waals surface area contributed by atoms with Gasteiger partial charge in [0.15, 0.2) is 0 Å². The van der Waals surface area contributed by atoms with Crippen molar-refractivity contribution >= 4 is 0 Å². The van der Waals surface area contributed by atoms with E-state index in [-0.39, 0.29) is 0 Å². The van der Waals surface area contributed by atoms with Gasteiger partial charge in [0.25, 0.3) is 0 Å². The van der Waals surface area contributed by atoms with Crippen LogP contribution in [0.4, 0.5) is 0 Å². The fourth-order valence-corrected chi connectivity index (χ4v) is 2.16. The maximum atomic E-state index is 4.53. The van der Waals surface area contributed by atoms with Crippen LogP contribution in [0.3, 0.4) is 0 Å². The van der Waals surface area contributed by atoms with Crippen LogP contribution in [0.1, 0.15) is 23.0 Å². The van der Waals surface area contributed by atoms with Crippen LogP contribution < -0.4 is 5.32 Å². The first-order valence-corrected chi connectivity index (χ1v) is 5.96. The lowest BCUT2D eigenvalue weighted by atomic mass is 10.00. The number of aromatic nitrogens is 3. The monoisotopic (exact) mass is 228 g/mol. The molecule has 0 bridgehead atoms. The fraction of sp³-hybridized carbons (Fsp3) is 0.385. The summed E-state index contributed by atoms with van der Waals surface area (Å²) in [5.41, 5.74) is 3.47. The number of imidazole rings is 1. The van der Waals surface area contributed by atoms with E-state index >= 15 is 0 Å². The SMILES string of the molecule is Cc1cccc(Cn2cncc2C2CNC2)n1. The third-order valence-corrected chi connectivity index (χ3v) is 3.22. The Morgan fingerprint density at radius 2 is 2.29 bits per heavy atom. The molecule has 0 atom stereocenters. The van der Waals surface area contributed by atoms with E-state index in [0.29, 0.717) is 5.92 Å². The van der Waals surface area contributed by atoms with Crippen molar-refractivity contribution in [2.75, 3.05) is 13.1 Å². The first-order chi connectivity index (χ1) is 8.33. The molecule has 4 heteroatoms. The Kier molecular flexibility index (Phi) is 2.65. The maximum absolute atomic E-state index is 4.53. The second kappa shape index (κ2) is 4.30. The van der Waals surface area contributed by atoms with Crippen molar-refractivity contribution in [2.24, 2.45) is 0 Å². The molecule has 88 valence electrons. The Morgan fingerprint density at radius 1 is 1.41 bits per heavy atom. The van der Waals surface area contributed by atoms with E-state index in [2.05, 4.69) is 32.0 Å². The fourth-order valence-electron chi connectivity index (χ4n) is 2.16. The Morgan fingerprint density at radius 3 is 3.00 bits per heavy atom. The summed E-state index contributed by atoms with van der Waals surface area (Å²) in [7, 11) is 0. The van der Waals surface area contributed by atoms with Gasteiger partial charge >= 0.3 is 0 Å². The van der Waals surface area contributed by atoms with E-state index in [1.54, 1.807) is 0 Å². The lowest BCUT2D eigenvalue weighted by molar-refractivity contribution is 0.427. The summed E-state index contributed by atoms with van der Waals surface area (Å²) < 4.78 is 2.20. The highest BCUT2D eigenvalue weighted by molar-refractivity contribution is 5.15. The quantitative estimate of drug-likeness (QED) is 0.861. The first-order valence-electron chi connectivity index (χ1n) is 5.96. The van der Waals surface area contributed by atoms with Gasteiger partial charge in [-0.3, -0.25) is 4.98 Å². The minimum absolute atomic E-state index is 0.613. The van der Waals surface area contributed by atoms with Gasteiger partial charge in [0, 0.05) is 36.6 Å².